The van der Waals surface area contributed by atoms with E-state index in [2.05, 4.69) is 38.3 Å². The van der Waals surface area contributed by atoms with Gasteiger partial charge < -0.3 is 9.47 Å². The number of rotatable bonds is 5. The smallest absolute Gasteiger partial charge is 0.222 e. The van der Waals surface area contributed by atoms with Gasteiger partial charge in [0, 0.05) is 0 Å². The van der Waals surface area contributed by atoms with E-state index >= 15 is 0 Å². The molecule has 4 heteroatoms. The van der Waals surface area contributed by atoms with E-state index in [0.717, 1.165) is 22.5 Å². The SMILES string of the molecule is C/C=C(\N=C(OC)S(C)(C)(CC)(CC)CC)OC. The molecule has 110 valence electrons. The molecule has 0 spiro atoms. The fourth-order valence-corrected chi connectivity index (χ4v) is 5.00. The molecule has 18 heavy (non-hydrogen) atoms. The van der Waals surface area contributed by atoms with E-state index in [1.54, 1.807) is 14.2 Å². The van der Waals surface area contributed by atoms with Crippen LogP contribution in [0, 0.1) is 0 Å². The zero-order valence-electron chi connectivity index (χ0n) is 13.4. The van der Waals surface area contributed by atoms with Crippen molar-refractivity contribution in [2.75, 3.05) is 44.0 Å². The van der Waals surface area contributed by atoms with Crippen LogP contribution in [0.2, 0.25) is 0 Å². The first-order valence-corrected chi connectivity index (χ1v) is 10.3. The van der Waals surface area contributed by atoms with E-state index in [1.165, 1.54) is 0 Å². The highest BCUT2D eigenvalue weighted by atomic mass is 32.4. The summed E-state index contributed by atoms with van der Waals surface area (Å²) in [6, 6.07) is 0. The molecule has 0 aromatic carbocycles. The molecule has 0 rings (SSSR count). The van der Waals surface area contributed by atoms with Gasteiger partial charge >= 0.3 is 0 Å². The molecule has 0 bridgehead atoms. The summed E-state index contributed by atoms with van der Waals surface area (Å²) >= 11 is 0. The highest BCUT2D eigenvalue weighted by molar-refractivity contribution is 8.73. The fourth-order valence-electron chi connectivity index (χ4n) is 1.88. The second-order valence-corrected chi connectivity index (χ2v) is 15.1. The highest BCUT2D eigenvalue weighted by Gasteiger charge is 2.54. The number of allylic oxidation sites excluding steroid dienone is 1. The Hall–Kier alpha value is -0.640. The van der Waals surface area contributed by atoms with Crippen molar-refractivity contribution in [3.63, 3.8) is 0 Å². The molecule has 0 amide bonds. The maximum Gasteiger partial charge on any atom is 0.222 e. The number of ether oxygens (including phenoxy) is 2. The Balaban J connectivity index is 6.07. The van der Waals surface area contributed by atoms with Gasteiger partial charge in [0.15, 0.2) is 0 Å². The van der Waals surface area contributed by atoms with Gasteiger partial charge in [0.05, 0.1) is 14.2 Å². The number of methoxy groups -OCH3 is 2. The molecule has 0 aromatic rings. The topological polar surface area (TPSA) is 30.8 Å². The minimum atomic E-state index is -2.46. The van der Waals surface area contributed by atoms with Gasteiger partial charge in [0.1, 0.15) is 0 Å². The van der Waals surface area contributed by atoms with Crippen LogP contribution in [-0.2, 0) is 9.47 Å². The zero-order valence-corrected chi connectivity index (χ0v) is 14.2. The average Bonchev–Trinajstić information content (AvgIpc) is 2.41. The summed E-state index contributed by atoms with van der Waals surface area (Å²) in [5.74, 6) is 3.83. The van der Waals surface area contributed by atoms with Crippen molar-refractivity contribution in [3.05, 3.63) is 12.0 Å². The standard InChI is InChI=1S/C14H31NO2S/c1-9-13(16-5)15-14(17-6)18(7,8,10-2,11-3)12-4/h9H,10-12H2,1-8H3/b13-9+,15-14?. The maximum atomic E-state index is 5.71. The third-order valence-corrected chi connectivity index (χ3v) is 13.4. The normalized spacial score (nSPS) is 18.0. The Morgan fingerprint density at radius 3 is 1.67 bits per heavy atom. The van der Waals surface area contributed by atoms with E-state index < -0.39 is 8.29 Å². The van der Waals surface area contributed by atoms with E-state index in [4.69, 9.17) is 9.47 Å². The lowest BCUT2D eigenvalue weighted by Crippen LogP contribution is -2.48. The van der Waals surface area contributed by atoms with Crippen molar-refractivity contribution >= 4 is 13.5 Å². The quantitative estimate of drug-likeness (QED) is 0.436. The van der Waals surface area contributed by atoms with Gasteiger partial charge in [-0.3, -0.25) is 0 Å². The second kappa shape index (κ2) is 5.16. The van der Waals surface area contributed by atoms with E-state index in [1.807, 2.05) is 13.0 Å². The summed E-state index contributed by atoms with van der Waals surface area (Å²) in [6.45, 7) is 8.65. The summed E-state index contributed by atoms with van der Waals surface area (Å²) in [4.78, 5) is 4.65. The Labute approximate surface area is 112 Å². The van der Waals surface area contributed by atoms with Crippen LogP contribution >= 0.6 is 8.29 Å². The molecule has 0 atom stereocenters. The summed E-state index contributed by atoms with van der Waals surface area (Å²) in [6.07, 6.45) is 6.60. The first-order valence-electron chi connectivity index (χ1n) is 6.55. The first-order chi connectivity index (χ1) is 8.20. The van der Waals surface area contributed by atoms with Crippen LogP contribution in [0.3, 0.4) is 0 Å². The van der Waals surface area contributed by atoms with Crippen LogP contribution in [0.1, 0.15) is 27.7 Å². The molecule has 0 radical (unpaired) electrons. The molecule has 0 fully saturated rings. The minimum Gasteiger partial charge on any atom is -0.481 e. The van der Waals surface area contributed by atoms with Gasteiger partial charge in [0.2, 0.25) is 11.1 Å². The van der Waals surface area contributed by atoms with E-state index in [-0.39, 0.29) is 0 Å². The average molecular weight is 277 g/mol. The Bertz CT molecular complexity index is 348. The van der Waals surface area contributed by atoms with Crippen LogP contribution in [0.4, 0.5) is 0 Å². The van der Waals surface area contributed by atoms with Crippen LogP contribution in [0.5, 0.6) is 0 Å². The maximum absolute atomic E-state index is 5.71. The van der Waals surface area contributed by atoms with Crippen LogP contribution in [0.15, 0.2) is 17.0 Å². The van der Waals surface area contributed by atoms with Gasteiger partial charge in [-0.15, -0.1) is 0 Å². The molecule has 0 aliphatic rings. The number of hydrogen-bond donors (Lipinski definition) is 0. The summed E-state index contributed by atoms with van der Waals surface area (Å²) in [7, 11) is 0.894. The Morgan fingerprint density at radius 2 is 1.44 bits per heavy atom. The van der Waals surface area contributed by atoms with Gasteiger partial charge in [-0.25, -0.2) is 8.29 Å². The lowest BCUT2D eigenvalue weighted by atomic mass is 10.7. The van der Waals surface area contributed by atoms with E-state index in [9.17, 15) is 0 Å². The van der Waals surface area contributed by atoms with Crippen molar-refractivity contribution in [3.8, 4) is 0 Å². The minimum absolute atomic E-state index is 0.621. The lowest BCUT2D eigenvalue weighted by Gasteiger charge is -2.72. The summed E-state index contributed by atoms with van der Waals surface area (Å²) < 4.78 is 11.0. The molecule has 0 saturated carbocycles. The molecule has 0 unspecified atom stereocenters. The third kappa shape index (κ3) is 2.68. The van der Waals surface area contributed by atoms with Crippen LogP contribution in [-0.4, -0.2) is 49.2 Å². The first kappa shape index (κ1) is 17.4. The van der Waals surface area contributed by atoms with Crippen LogP contribution < -0.4 is 0 Å². The largest absolute Gasteiger partial charge is 0.481 e. The number of nitrogens with zero attached hydrogens (tertiary/aromatic N) is 1. The predicted molar refractivity (Wildman–Crippen MR) is 86.3 cm³/mol. The molecule has 0 aromatic heterocycles. The Kier molecular flexibility index (Phi) is 4.97. The third-order valence-electron chi connectivity index (χ3n) is 4.94. The number of aliphatic imine (C=N–C) groups is 1. The summed E-state index contributed by atoms with van der Waals surface area (Å²) in [5, 5.41) is 0.859. The van der Waals surface area contributed by atoms with Crippen molar-refractivity contribution in [1.29, 1.82) is 0 Å². The fraction of sp³-hybridized carbons (Fsp3) is 0.786. The molecular formula is C14H31NO2S. The second-order valence-electron chi connectivity index (χ2n) is 5.87. The van der Waals surface area contributed by atoms with Crippen molar-refractivity contribution in [1.82, 2.24) is 0 Å². The molecule has 0 heterocycles. The van der Waals surface area contributed by atoms with E-state index in [0.29, 0.717) is 5.88 Å². The van der Waals surface area contributed by atoms with Gasteiger partial charge in [-0.05, 0) is 42.8 Å². The molecule has 0 aliphatic carbocycles. The highest BCUT2D eigenvalue weighted by Crippen LogP contribution is 2.84. The van der Waals surface area contributed by atoms with Crippen molar-refractivity contribution < 1.29 is 9.47 Å². The summed E-state index contributed by atoms with van der Waals surface area (Å²) in [5.41, 5.74) is 0. The monoisotopic (exact) mass is 277 g/mol. The lowest BCUT2D eigenvalue weighted by molar-refractivity contribution is 0.284. The molecule has 0 aliphatic heterocycles. The van der Waals surface area contributed by atoms with Crippen molar-refractivity contribution in [2.24, 2.45) is 4.99 Å². The van der Waals surface area contributed by atoms with Crippen molar-refractivity contribution in [2.45, 2.75) is 27.7 Å². The molecule has 0 N–H and O–H groups in total. The molecule has 3 nitrogen and oxygen atoms in total. The Morgan fingerprint density at radius 1 is 1.00 bits per heavy atom. The zero-order chi connectivity index (χ0) is 14.5. The van der Waals surface area contributed by atoms with Gasteiger partial charge in [-0.1, -0.05) is 20.8 Å². The predicted octanol–water partition coefficient (Wildman–Crippen LogP) is 3.69. The van der Waals surface area contributed by atoms with Gasteiger partial charge in [0.25, 0.3) is 0 Å². The molecular weight excluding hydrogens is 246 g/mol. The number of hydrogen-bond acceptors (Lipinski definition) is 3. The van der Waals surface area contributed by atoms with Gasteiger partial charge in [-0.2, -0.15) is 4.99 Å². The molecule has 0 saturated heterocycles. The van der Waals surface area contributed by atoms with Crippen LogP contribution in [0.25, 0.3) is 0 Å².